The molecular weight excluding hydrogens is 480 g/mol. The van der Waals surface area contributed by atoms with E-state index in [2.05, 4.69) is 0 Å². The second kappa shape index (κ2) is 9.36. The highest BCUT2D eigenvalue weighted by molar-refractivity contribution is 6.28. The fraction of sp³-hybridized carbons (Fsp3) is 0.161. The van der Waals surface area contributed by atoms with Gasteiger partial charge in [-0.15, -0.1) is 0 Å². The van der Waals surface area contributed by atoms with Gasteiger partial charge in [-0.1, -0.05) is 66.7 Å². The number of rotatable bonds is 6. The standard InChI is InChI=1S/C31H26N2O5/c1-36-25-18-16-21(17-19-25)27-31(22-10-5-3-6-11-22)28(38-33(27)23-12-7-4-8-13-23)29(34)32(30(31)35)24-14-9-15-26(20-24)37-2/h3-20,27-28H,1-2H3/t27-,28+,31+/m1/s1. The van der Waals surface area contributed by atoms with Crippen LogP contribution in [0.25, 0.3) is 0 Å². The number of hydrogen-bond donors (Lipinski definition) is 0. The highest BCUT2D eigenvalue weighted by Gasteiger charge is 2.72. The maximum atomic E-state index is 14.7. The summed E-state index contributed by atoms with van der Waals surface area (Å²) < 4.78 is 10.8. The number of anilines is 2. The lowest BCUT2D eigenvalue weighted by Gasteiger charge is -2.35. The molecule has 2 aliphatic rings. The van der Waals surface area contributed by atoms with E-state index in [9.17, 15) is 9.59 Å². The molecule has 4 aromatic carbocycles. The Balaban J connectivity index is 1.60. The van der Waals surface area contributed by atoms with Crippen LogP contribution < -0.4 is 19.4 Å². The zero-order valence-corrected chi connectivity index (χ0v) is 21.0. The van der Waals surface area contributed by atoms with Gasteiger partial charge in [0, 0.05) is 6.07 Å². The molecule has 0 bridgehead atoms. The minimum absolute atomic E-state index is 0.355. The largest absolute Gasteiger partial charge is 0.497 e. The molecular formula is C31H26N2O5. The predicted molar refractivity (Wildman–Crippen MR) is 143 cm³/mol. The van der Waals surface area contributed by atoms with Crippen molar-refractivity contribution < 1.29 is 23.9 Å². The Labute approximate surface area is 220 Å². The summed E-state index contributed by atoms with van der Waals surface area (Å²) in [6, 6.07) is 32.8. The molecule has 6 rings (SSSR count). The van der Waals surface area contributed by atoms with Gasteiger partial charge in [-0.2, -0.15) is 0 Å². The van der Waals surface area contributed by atoms with Crippen LogP contribution in [-0.4, -0.2) is 32.1 Å². The van der Waals surface area contributed by atoms with Crippen molar-refractivity contribution in [3.05, 3.63) is 120 Å². The number of para-hydroxylation sites is 1. The average molecular weight is 507 g/mol. The highest BCUT2D eigenvalue weighted by Crippen LogP contribution is 2.57. The molecule has 2 heterocycles. The number of fused-ring (bicyclic) bond motifs is 1. The van der Waals surface area contributed by atoms with Gasteiger partial charge in [0.2, 0.25) is 5.91 Å². The first-order chi connectivity index (χ1) is 18.6. The van der Waals surface area contributed by atoms with Crippen LogP contribution in [0.2, 0.25) is 0 Å². The summed E-state index contributed by atoms with van der Waals surface area (Å²) in [6.45, 7) is 0. The Morgan fingerprint density at radius 1 is 0.711 bits per heavy atom. The Morgan fingerprint density at radius 3 is 2.00 bits per heavy atom. The van der Waals surface area contributed by atoms with Crippen LogP contribution in [-0.2, 0) is 19.8 Å². The van der Waals surface area contributed by atoms with Crippen molar-refractivity contribution in [1.82, 2.24) is 0 Å². The zero-order chi connectivity index (χ0) is 26.3. The molecule has 7 nitrogen and oxygen atoms in total. The molecule has 2 fully saturated rings. The van der Waals surface area contributed by atoms with Crippen molar-refractivity contribution in [2.45, 2.75) is 17.6 Å². The fourth-order valence-electron chi connectivity index (χ4n) is 5.57. The fourth-order valence-corrected chi connectivity index (χ4v) is 5.57. The third kappa shape index (κ3) is 3.47. The average Bonchev–Trinajstić information content (AvgIpc) is 3.45. The molecule has 2 saturated heterocycles. The van der Waals surface area contributed by atoms with E-state index < -0.39 is 23.5 Å². The second-order valence-corrected chi connectivity index (χ2v) is 9.24. The van der Waals surface area contributed by atoms with Crippen LogP contribution in [0.1, 0.15) is 17.2 Å². The summed E-state index contributed by atoms with van der Waals surface area (Å²) in [6.07, 6.45) is -1.09. The van der Waals surface area contributed by atoms with E-state index in [0.717, 1.165) is 11.3 Å². The topological polar surface area (TPSA) is 68.3 Å². The van der Waals surface area contributed by atoms with E-state index in [4.69, 9.17) is 14.3 Å². The van der Waals surface area contributed by atoms with Crippen LogP contribution in [0, 0.1) is 0 Å². The molecule has 0 N–H and O–H groups in total. The zero-order valence-electron chi connectivity index (χ0n) is 21.0. The van der Waals surface area contributed by atoms with E-state index in [1.165, 1.54) is 4.90 Å². The van der Waals surface area contributed by atoms with E-state index in [1.807, 2.05) is 84.9 Å². The number of hydrogen-bond acceptors (Lipinski definition) is 6. The molecule has 0 aliphatic carbocycles. The molecule has 38 heavy (non-hydrogen) atoms. The molecule has 2 aliphatic heterocycles. The highest BCUT2D eigenvalue weighted by atomic mass is 16.7. The van der Waals surface area contributed by atoms with E-state index in [0.29, 0.717) is 22.7 Å². The minimum atomic E-state index is -1.36. The molecule has 0 spiro atoms. The summed E-state index contributed by atoms with van der Waals surface area (Å²) in [5.74, 6) is 0.457. The van der Waals surface area contributed by atoms with Crippen molar-refractivity contribution in [3.63, 3.8) is 0 Å². The first-order valence-electron chi connectivity index (χ1n) is 12.3. The molecule has 0 radical (unpaired) electrons. The van der Waals surface area contributed by atoms with Crippen molar-refractivity contribution in [2.75, 3.05) is 24.2 Å². The molecule has 0 aromatic heterocycles. The lowest BCUT2D eigenvalue weighted by molar-refractivity contribution is -0.126. The van der Waals surface area contributed by atoms with Gasteiger partial charge >= 0.3 is 0 Å². The van der Waals surface area contributed by atoms with Gasteiger partial charge in [-0.05, 0) is 47.5 Å². The maximum absolute atomic E-state index is 14.7. The number of ether oxygens (including phenoxy) is 2. The van der Waals surface area contributed by atoms with Gasteiger partial charge in [0.05, 0.1) is 25.6 Å². The molecule has 2 amide bonds. The summed E-state index contributed by atoms with van der Waals surface area (Å²) in [5.41, 5.74) is 1.34. The van der Waals surface area contributed by atoms with Crippen LogP contribution in [0.4, 0.5) is 11.4 Å². The molecule has 3 atom stereocenters. The number of imide groups is 1. The number of carbonyl (C=O) groups excluding carboxylic acids is 2. The predicted octanol–water partition coefficient (Wildman–Crippen LogP) is 5.08. The first kappa shape index (κ1) is 23.8. The molecule has 0 saturated carbocycles. The summed E-state index contributed by atoms with van der Waals surface area (Å²) >= 11 is 0. The van der Waals surface area contributed by atoms with Crippen LogP contribution in [0.5, 0.6) is 11.5 Å². The molecule has 190 valence electrons. The monoisotopic (exact) mass is 506 g/mol. The van der Waals surface area contributed by atoms with E-state index in [-0.39, 0.29) is 5.91 Å². The number of amides is 2. The number of benzene rings is 4. The Hall–Kier alpha value is -4.62. The number of carbonyl (C=O) groups is 2. The van der Waals surface area contributed by atoms with Crippen LogP contribution in [0.15, 0.2) is 109 Å². The van der Waals surface area contributed by atoms with Gasteiger partial charge in [-0.25, -0.2) is 9.96 Å². The normalized spacial score (nSPS) is 22.5. The van der Waals surface area contributed by atoms with E-state index >= 15 is 0 Å². The summed E-state index contributed by atoms with van der Waals surface area (Å²) in [7, 11) is 3.16. The van der Waals surface area contributed by atoms with Gasteiger partial charge in [-0.3, -0.25) is 14.4 Å². The SMILES string of the molecule is COc1ccc([C@H]2N(c3ccccc3)O[C@H]3C(=O)N(c4cccc(OC)c4)C(=O)[C@]32c2ccccc2)cc1. The summed E-state index contributed by atoms with van der Waals surface area (Å²) in [4.78, 5) is 36.6. The van der Waals surface area contributed by atoms with Crippen LogP contribution >= 0.6 is 0 Å². The third-order valence-electron chi connectivity index (χ3n) is 7.31. The lowest BCUT2D eigenvalue weighted by Crippen LogP contribution is -2.46. The third-order valence-corrected chi connectivity index (χ3v) is 7.31. The Morgan fingerprint density at radius 2 is 1.34 bits per heavy atom. The first-order valence-corrected chi connectivity index (χ1v) is 12.3. The van der Waals surface area contributed by atoms with Crippen molar-refractivity contribution in [2.24, 2.45) is 0 Å². The van der Waals surface area contributed by atoms with Crippen molar-refractivity contribution in [1.29, 1.82) is 0 Å². The number of nitrogens with zero attached hydrogens (tertiary/aromatic N) is 2. The Bertz CT molecular complexity index is 1480. The molecule has 4 aromatic rings. The van der Waals surface area contributed by atoms with Crippen LogP contribution in [0.3, 0.4) is 0 Å². The van der Waals surface area contributed by atoms with Gasteiger partial charge in [0.25, 0.3) is 5.91 Å². The smallest absolute Gasteiger partial charge is 0.267 e. The van der Waals surface area contributed by atoms with Crippen molar-refractivity contribution in [3.8, 4) is 11.5 Å². The molecule has 7 heteroatoms. The van der Waals surface area contributed by atoms with E-state index in [1.54, 1.807) is 43.5 Å². The summed E-state index contributed by atoms with van der Waals surface area (Å²) in [5, 5.41) is 1.71. The number of hydroxylamine groups is 1. The van der Waals surface area contributed by atoms with Gasteiger partial charge in [0.1, 0.15) is 23.0 Å². The van der Waals surface area contributed by atoms with Gasteiger partial charge in [0.15, 0.2) is 6.10 Å². The number of methoxy groups -OCH3 is 2. The molecule has 0 unspecified atom stereocenters. The Kier molecular flexibility index (Phi) is 5.85. The lowest BCUT2D eigenvalue weighted by atomic mass is 9.69. The minimum Gasteiger partial charge on any atom is -0.497 e. The maximum Gasteiger partial charge on any atom is 0.267 e. The van der Waals surface area contributed by atoms with Gasteiger partial charge < -0.3 is 9.47 Å². The second-order valence-electron chi connectivity index (χ2n) is 9.24. The quantitative estimate of drug-likeness (QED) is 0.340. The van der Waals surface area contributed by atoms with Crippen molar-refractivity contribution >= 4 is 23.2 Å².